The largest absolute Gasteiger partial charge is 0.470 e. The van der Waals surface area contributed by atoms with Crippen LogP contribution in [0.25, 0.3) is 5.70 Å². The maximum Gasteiger partial charge on any atom is 0.191 e. The zero-order valence-electron chi connectivity index (χ0n) is 17.2. The van der Waals surface area contributed by atoms with Crippen molar-refractivity contribution in [2.75, 3.05) is 13.1 Å². The van der Waals surface area contributed by atoms with Gasteiger partial charge in [-0.1, -0.05) is 48.0 Å². The number of thiophene rings is 1. The molecule has 1 saturated heterocycles. The summed E-state index contributed by atoms with van der Waals surface area (Å²) in [6.07, 6.45) is 4.28. The van der Waals surface area contributed by atoms with Crippen molar-refractivity contribution in [2.45, 2.75) is 31.2 Å². The Morgan fingerprint density at radius 2 is 1.94 bits per heavy atom. The molecule has 1 atom stereocenters. The number of nitrogens with zero attached hydrogens (tertiary/aromatic N) is 1. The summed E-state index contributed by atoms with van der Waals surface area (Å²) in [4.78, 5) is 2.87. The first-order chi connectivity index (χ1) is 15.2. The lowest BCUT2D eigenvalue weighted by Crippen LogP contribution is -3.12. The van der Waals surface area contributed by atoms with Crippen molar-refractivity contribution in [1.82, 2.24) is 10.4 Å². The van der Waals surface area contributed by atoms with Crippen LogP contribution in [0.4, 0.5) is 0 Å². The normalized spacial score (nSPS) is 27.2. The maximum atomic E-state index is 6.76. The molecule has 6 rings (SSSR count). The monoisotopic (exact) mass is 450 g/mol. The van der Waals surface area contributed by atoms with Crippen LogP contribution in [0.2, 0.25) is 5.02 Å². The fourth-order valence-electron chi connectivity index (χ4n) is 5.12. The van der Waals surface area contributed by atoms with E-state index in [1.165, 1.54) is 10.4 Å². The van der Waals surface area contributed by atoms with Gasteiger partial charge in [0.1, 0.15) is 12.3 Å². The standard InChI is InChI=1S/C25H24ClN3OS/c26-19-8-9-23-20(15-19)22-16-21(24-7-4-14-31-24)27-29(22)25(30-23)10-12-28(13-11-25)17-18-5-2-1-3-6-18/h1-9,14-16,22,27H,10-13,17H2/p+1. The molecule has 0 bridgehead atoms. The van der Waals surface area contributed by atoms with Crippen LogP contribution in [0, 0.1) is 0 Å². The van der Waals surface area contributed by atoms with E-state index in [1.807, 2.05) is 18.2 Å². The molecule has 4 nitrogen and oxygen atoms in total. The highest BCUT2D eigenvalue weighted by atomic mass is 35.5. The minimum absolute atomic E-state index is 0.121. The molecular weight excluding hydrogens is 426 g/mol. The number of hydrogen-bond donors (Lipinski definition) is 2. The molecule has 6 heteroatoms. The predicted octanol–water partition coefficient (Wildman–Crippen LogP) is 4.27. The van der Waals surface area contributed by atoms with E-state index in [9.17, 15) is 0 Å². The van der Waals surface area contributed by atoms with Crippen molar-refractivity contribution >= 4 is 28.6 Å². The Balaban J connectivity index is 1.29. The lowest BCUT2D eigenvalue weighted by molar-refractivity contribution is -0.921. The second-order valence-corrected chi connectivity index (χ2v) is 10.0. The highest BCUT2D eigenvalue weighted by Crippen LogP contribution is 2.48. The van der Waals surface area contributed by atoms with Gasteiger partial charge in [0, 0.05) is 16.1 Å². The number of nitrogens with one attached hydrogen (secondary N) is 2. The van der Waals surface area contributed by atoms with Crippen molar-refractivity contribution in [3.63, 3.8) is 0 Å². The Bertz CT molecular complexity index is 1110. The molecule has 3 aliphatic rings. The molecule has 158 valence electrons. The number of hydrogen-bond acceptors (Lipinski definition) is 4. The van der Waals surface area contributed by atoms with E-state index < -0.39 is 0 Å². The average molecular weight is 451 g/mol. The predicted molar refractivity (Wildman–Crippen MR) is 125 cm³/mol. The quantitative estimate of drug-likeness (QED) is 0.624. The van der Waals surface area contributed by atoms with Gasteiger partial charge >= 0.3 is 0 Å². The van der Waals surface area contributed by atoms with Crippen LogP contribution in [0.1, 0.15) is 34.9 Å². The van der Waals surface area contributed by atoms with Crippen molar-refractivity contribution in [2.24, 2.45) is 0 Å². The van der Waals surface area contributed by atoms with Gasteiger partial charge in [-0.3, -0.25) is 0 Å². The number of quaternary nitrogens is 1. The van der Waals surface area contributed by atoms with Gasteiger partial charge in [0.2, 0.25) is 0 Å². The van der Waals surface area contributed by atoms with Gasteiger partial charge in [-0.15, -0.1) is 11.3 Å². The van der Waals surface area contributed by atoms with Gasteiger partial charge < -0.3 is 15.1 Å². The van der Waals surface area contributed by atoms with Crippen LogP contribution < -0.4 is 15.1 Å². The van der Waals surface area contributed by atoms with E-state index in [2.05, 4.69) is 64.4 Å². The third kappa shape index (κ3) is 3.46. The van der Waals surface area contributed by atoms with Crippen LogP contribution in [0.3, 0.4) is 0 Å². The summed E-state index contributed by atoms with van der Waals surface area (Å²) >= 11 is 8.12. The number of likely N-dealkylation sites (tertiary alicyclic amines) is 1. The van der Waals surface area contributed by atoms with E-state index in [4.69, 9.17) is 16.3 Å². The Morgan fingerprint density at radius 3 is 2.71 bits per heavy atom. The lowest BCUT2D eigenvalue weighted by atomic mass is 9.92. The molecule has 0 aliphatic carbocycles. The van der Waals surface area contributed by atoms with Crippen LogP contribution in [0.15, 0.2) is 72.1 Å². The molecule has 0 saturated carbocycles. The zero-order valence-corrected chi connectivity index (χ0v) is 18.8. The second kappa shape index (κ2) is 7.68. The molecule has 2 aromatic carbocycles. The van der Waals surface area contributed by atoms with Gasteiger partial charge in [-0.25, -0.2) is 0 Å². The van der Waals surface area contributed by atoms with E-state index in [0.717, 1.165) is 54.5 Å². The molecular formula is C25H25ClN3OS+. The molecule has 0 radical (unpaired) electrons. The molecule has 31 heavy (non-hydrogen) atoms. The molecule has 2 N–H and O–H groups in total. The van der Waals surface area contributed by atoms with Gasteiger partial charge in [-0.2, -0.15) is 5.01 Å². The first-order valence-electron chi connectivity index (χ1n) is 10.9. The summed E-state index contributed by atoms with van der Waals surface area (Å²) in [5, 5.41) is 5.22. The number of hydrazine groups is 1. The van der Waals surface area contributed by atoms with Crippen LogP contribution in [0.5, 0.6) is 5.75 Å². The second-order valence-electron chi connectivity index (χ2n) is 8.63. The topological polar surface area (TPSA) is 28.9 Å². The number of fused-ring (bicyclic) bond motifs is 4. The fraction of sp³-hybridized carbons (Fsp3) is 0.280. The van der Waals surface area contributed by atoms with E-state index in [1.54, 1.807) is 16.2 Å². The van der Waals surface area contributed by atoms with Crippen molar-refractivity contribution in [3.8, 4) is 5.75 Å². The molecule has 3 aliphatic heterocycles. The lowest BCUT2D eigenvalue weighted by Gasteiger charge is -2.50. The smallest absolute Gasteiger partial charge is 0.191 e. The minimum atomic E-state index is -0.346. The Labute approximate surface area is 191 Å². The first-order valence-corrected chi connectivity index (χ1v) is 12.1. The summed E-state index contributed by atoms with van der Waals surface area (Å²) in [6, 6.07) is 21.2. The summed E-state index contributed by atoms with van der Waals surface area (Å²) in [5.41, 5.74) is 7.06. The van der Waals surface area contributed by atoms with Crippen LogP contribution in [-0.4, -0.2) is 23.8 Å². The summed E-state index contributed by atoms with van der Waals surface area (Å²) in [5.74, 6) is 0.961. The number of rotatable bonds is 3. The Kier molecular flexibility index (Phi) is 4.80. The van der Waals surface area contributed by atoms with Crippen molar-refractivity contribution < 1.29 is 9.64 Å². The molecule has 1 aromatic heterocycles. The highest BCUT2D eigenvalue weighted by Gasteiger charge is 2.52. The molecule has 1 fully saturated rings. The molecule has 0 amide bonds. The Hall–Kier alpha value is -2.31. The molecule has 1 spiro atoms. The summed E-state index contributed by atoms with van der Waals surface area (Å²) < 4.78 is 6.76. The number of piperidine rings is 1. The van der Waals surface area contributed by atoms with Crippen LogP contribution >= 0.6 is 22.9 Å². The SMILES string of the molecule is Clc1ccc2c(c1)C1C=C(c3cccs3)NN1C1(CC[NH+](Cc3ccccc3)CC1)O2. The third-order valence-electron chi connectivity index (χ3n) is 6.70. The number of halogens is 1. The maximum absolute atomic E-state index is 6.76. The number of benzene rings is 2. The van der Waals surface area contributed by atoms with Gasteiger partial charge in [-0.05, 0) is 35.7 Å². The van der Waals surface area contributed by atoms with E-state index in [-0.39, 0.29) is 11.8 Å². The van der Waals surface area contributed by atoms with Gasteiger partial charge in [0.15, 0.2) is 5.72 Å². The van der Waals surface area contributed by atoms with Gasteiger partial charge in [0.05, 0.1) is 42.5 Å². The fourth-order valence-corrected chi connectivity index (χ4v) is 6.00. The van der Waals surface area contributed by atoms with E-state index in [0.29, 0.717) is 0 Å². The third-order valence-corrected chi connectivity index (χ3v) is 7.83. The van der Waals surface area contributed by atoms with E-state index >= 15 is 0 Å². The highest BCUT2D eigenvalue weighted by molar-refractivity contribution is 7.11. The number of ether oxygens (including phenoxy) is 1. The van der Waals surface area contributed by atoms with Crippen molar-refractivity contribution in [1.29, 1.82) is 0 Å². The average Bonchev–Trinajstić information content (AvgIpc) is 3.47. The minimum Gasteiger partial charge on any atom is -0.470 e. The van der Waals surface area contributed by atoms with Crippen LogP contribution in [-0.2, 0) is 6.54 Å². The molecule has 3 aromatic rings. The summed E-state index contributed by atoms with van der Waals surface area (Å²) in [6.45, 7) is 3.23. The zero-order chi connectivity index (χ0) is 20.8. The Morgan fingerprint density at radius 1 is 1.10 bits per heavy atom. The summed E-state index contributed by atoms with van der Waals surface area (Å²) in [7, 11) is 0. The molecule has 4 heterocycles. The van der Waals surface area contributed by atoms with Crippen molar-refractivity contribution in [3.05, 3.63) is 93.1 Å². The molecule has 1 unspecified atom stereocenters. The van der Waals surface area contributed by atoms with Gasteiger partial charge in [0.25, 0.3) is 0 Å². The first kappa shape index (κ1) is 19.4.